The molecule has 2 aliphatic heterocycles. The summed E-state index contributed by atoms with van der Waals surface area (Å²) in [4.78, 5) is 19.0. The number of para-hydroxylation sites is 1. The molecule has 0 amide bonds. The molecule has 2 aromatic heterocycles. The van der Waals surface area contributed by atoms with Crippen LogP contribution in [0.1, 0.15) is 28.9 Å². The average Bonchev–Trinajstić information content (AvgIpc) is 3.47. The van der Waals surface area contributed by atoms with E-state index >= 15 is 0 Å². The van der Waals surface area contributed by atoms with Gasteiger partial charge in [-0.25, -0.2) is 4.98 Å². The van der Waals surface area contributed by atoms with Crippen LogP contribution in [0.3, 0.4) is 0 Å². The molecule has 2 aromatic carbocycles. The van der Waals surface area contributed by atoms with Crippen LogP contribution >= 0.6 is 0 Å². The van der Waals surface area contributed by atoms with Gasteiger partial charge < -0.3 is 19.5 Å². The first-order valence-electron chi connectivity index (χ1n) is 11.9. The van der Waals surface area contributed by atoms with Gasteiger partial charge in [0, 0.05) is 29.9 Å². The number of piperidine rings is 1. The average molecular weight is 487 g/mol. The van der Waals surface area contributed by atoms with Crippen LogP contribution in [0.25, 0.3) is 22.3 Å². The van der Waals surface area contributed by atoms with E-state index in [1.165, 1.54) is 0 Å². The number of tetrazole rings is 1. The lowest BCUT2D eigenvalue weighted by Crippen LogP contribution is -2.56. The van der Waals surface area contributed by atoms with Crippen molar-refractivity contribution in [3.63, 3.8) is 0 Å². The van der Waals surface area contributed by atoms with Crippen LogP contribution in [0.2, 0.25) is 0 Å². The van der Waals surface area contributed by atoms with Crippen molar-refractivity contribution in [1.82, 2.24) is 30.9 Å². The van der Waals surface area contributed by atoms with E-state index in [4.69, 9.17) is 19.2 Å². The van der Waals surface area contributed by atoms with Crippen LogP contribution in [-0.2, 0) is 6.42 Å². The van der Waals surface area contributed by atoms with Gasteiger partial charge >= 0.3 is 0 Å². The number of ether oxygens (including phenoxy) is 3. The van der Waals surface area contributed by atoms with Crippen LogP contribution in [0.5, 0.6) is 17.2 Å². The molecule has 10 heteroatoms. The number of nitrogens with zero attached hydrogens (tertiary/aromatic N) is 4. The smallest absolute Gasteiger partial charge is 0.204 e. The Balaban J connectivity index is 1.45. The largest absolute Gasteiger partial charge is 0.496 e. The summed E-state index contributed by atoms with van der Waals surface area (Å²) in [5.41, 5.74) is 2.07. The van der Waals surface area contributed by atoms with Gasteiger partial charge in [-0.1, -0.05) is 6.07 Å². The number of nitrogens with one attached hydrogen (secondary N) is 2. The molecule has 0 unspecified atom stereocenters. The monoisotopic (exact) mass is 486 g/mol. The molecule has 6 rings (SSSR count). The lowest BCUT2D eigenvalue weighted by molar-refractivity contribution is -0.0230. The van der Waals surface area contributed by atoms with Crippen LogP contribution in [0.4, 0.5) is 0 Å². The van der Waals surface area contributed by atoms with Crippen molar-refractivity contribution < 1.29 is 19.0 Å². The van der Waals surface area contributed by atoms with E-state index in [0.717, 1.165) is 48.2 Å². The number of pyridine rings is 1. The summed E-state index contributed by atoms with van der Waals surface area (Å²) < 4.78 is 17.8. The van der Waals surface area contributed by atoms with Gasteiger partial charge in [0.25, 0.3) is 0 Å². The van der Waals surface area contributed by atoms with Gasteiger partial charge in [-0.2, -0.15) is 5.21 Å². The van der Waals surface area contributed by atoms with E-state index in [2.05, 4.69) is 25.9 Å². The van der Waals surface area contributed by atoms with Gasteiger partial charge in [0.2, 0.25) is 5.82 Å². The van der Waals surface area contributed by atoms with Crippen LogP contribution in [-0.4, -0.2) is 64.3 Å². The summed E-state index contributed by atoms with van der Waals surface area (Å²) in [6, 6.07) is 13.2. The number of hydrogen-bond donors (Lipinski definition) is 2. The number of methoxy groups -OCH3 is 2. The standard InChI is InChI=1S/C26H26N6O4/c1-34-21-5-3-4-17-22(35-2)14-19(28-23(17)21)24(33)18-13-16-12-15(25-29-31-32-30-25)6-7-20(16)36-26(18)8-10-27-11-9-26/h3-7,12,14,18,27H,8-11,13H2,1-2H3,(H,29,30,31,32)/t18-/m0/s1. The fourth-order valence-corrected chi connectivity index (χ4v) is 5.42. The van der Waals surface area contributed by atoms with Gasteiger partial charge in [-0.15, -0.1) is 10.2 Å². The summed E-state index contributed by atoms with van der Waals surface area (Å²) >= 11 is 0. The fraction of sp³-hybridized carbons (Fsp3) is 0.346. The van der Waals surface area contributed by atoms with Crippen molar-refractivity contribution in [2.45, 2.75) is 24.9 Å². The quantitative estimate of drug-likeness (QED) is 0.410. The highest BCUT2D eigenvalue weighted by Crippen LogP contribution is 2.44. The Hall–Kier alpha value is -4.05. The van der Waals surface area contributed by atoms with Crippen molar-refractivity contribution in [3.05, 3.63) is 53.7 Å². The summed E-state index contributed by atoms with van der Waals surface area (Å²) in [5, 5.41) is 18.5. The molecule has 0 saturated carbocycles. The number of aromatic nitrogens is 5. The van der Waals surface area contributed by atoms with E-state index in [1.807, 2.05) is 36.4 Å². The second-order valence-corrected chi connectivity index (χ2v) is 9.16. The van der Waals surface area contributed by atoms with Gasteiger partial charge in [-0.3, -0.25) is 4.79 Å². The van der Waals surface area contributed by atoms with Gasteiger partial charge in [0.1, 0.15) is 34.1 Å². The summed E-state index contributed by atoms with van der Waals surface area (Å²) in [6.45, 7) is 1.56. The van der Waals surface area contributed by atoms with E-state index in [-0.39, 0.29) is 5.78 Å². The first-order chi connectivity index (χ1) is 17.6. The molecule has 2 aliphatic rings. The zero-order chi connectivity index (χ0) is 24.7. The third-order valence-electron chi connectivity index (χ3n) is 7.26. The van der Waals surface area contributed by atoms with Crippen molar-refractivity contribution in [1.29, 1.82) is 0 Å². The van der Waals surface area contributed by atoms with E-state index in [1.54, 1.807) is 20.3 Å². The molecule has 2 N–H and O–H groups in total. The Labute approximate surface area is 207 Å². The zero-order valence-corrected chi connectivity index (χ0v) is 20.1. The highest BCUT2D eigenvalue weighted by molar-refractivity contribution is 6.01. The molecule has 0 radical (unpaired) electrons. The third kappa shape index (κ3) is 3.65. The molecule has 1 fully saturated rings. The number of hydrogen-bond acceptors (Lipinski definition) is 9. The molecule has 0 bridgehead atoms. The van der Waals surface area contributed by atoms with Gasteiger partial charge in [0.15, 0.2) is 5.78 Å². The lowest BCUT2D eigenvalue weighted by atomic mass is 9.71. The number of carbonyl (C=O) groups excluding carboxylic acids is 1. The van der Waals surface area contributed by atoms with E-state index < -0.39 is 11.5 Å². The second kappa shape index (κ2) is 8.87. The molecule has 36 heavy (non-hydrogen) atoms. The Morgan fingerprint density at radius 2 is 1.92 bits per heavy atom. The van der Waals surface area contributed by atoms with E-state index in [9.17, 15) is 4.79 Å². The van der Waals surface area contributed by atoms with Crippen LogP contribution in [0, 0.1) is 5.92 Å². The predicted molar refractivity (Wildman–Crippen MR) is 131 cm³/mol. The number of Topliss-reactive ketones (excluding diaryl/α,β-unsaturated/α-hetero) is 1. The Bertz CT molecular complexity index is 1430. The van der Waals surface area contributed by atoms with Gasteiger partial charge in [0.05, 0.1) is 20.1 Å². The molecule has 4 aromatic rings. The maximum Gasteiger partial charge on any atom is 0.204 e. The summed E-state index contributed by atoms with van der Waals surface area (Å²) in [6.07, 6.45) is 1.97. The number of ketones is 1. The number of rotatable bonds is 5. The van der Waals surface area contributed by atoms with E-state index in [0.29, 0.717) is 35.0 Å². The molecular formula is C26H26N6O4. The molecular weight excluding hydrogens is 460 g/mol. The summed E-state index contributed by atoms with van der Waals surface area (Å²) in [7, 11) is 3.19. The first-order valence-corrected chi connectivity index (χ1v) is 11.9. The minimum Gasteiger partial charge on any atom is -0.496 e. The minimum absolute atomic E-state index is 0.0707. The number of H-pyrrole nitrogens is 1. The van der Waals surface area contributed by atoms with Crippen molar-refractivity contribution in [2.24, 2.45) is 5.92 Å². The maximum absolute atomic E-state index is 14.2. The normalized spacial score (nSPS) is 18.4. The number of carbonyl (C=O) groups is 1. The lowest BCUT2D eigenvalue weighted by Gasteiger charge is -2.46. The number of fused-ring (bicyclic) bond motifs is 2. The highest BCUT2D eigenvalue weighted by atomic mass is 16.5. The second-order valence-electron chi connectivity index (χ2n) is 9.16. The highest BCUT2D eigenvalue weighted by Gasteiger charge is 2.49. The molecule has 10 nitrogen and oxygen atoms in total. The SMILES string of the molecule is COc1cc(C(=O)[C@@H]2Cc3cc(-c4nn[nH]n4)ccc3OC23CCNCC3)nc2c(OC)cccc12. The topological polar surface area (TPSA) is 124 Å². The van der Waals surface area contributed by atoms with Gasteiger partial charge in [-0.05, 0) is 60.6 Å². The Kier molecular flexibility index (Phi) is 5.52. The number of aromatic amines is 1. The molecule has 184 valence electrons. The van der Waals surface area contributed by atoms with Crippen molar-refractivity contribution in [3.8, 4) is 28.6 Å². The third-order valence-corrected chi connectivity index (χ3v) is 7.26. The predicted octanol–water partition coefficient (Wildman–Crippen LogP) is 2.99. The Morgan fingerprint density at radius 1 is 1.08 bits per heavy atom. The minimum atomic E-state index is -0.617. The van der Waals surface area contributed by atoms with Crippen LogP contribution < -0.4 is 19.5 Å². The summed E-state index contributed by atoms with van der Waals surface area (Å²) in [5.74, 6) is 1.97. The molecule has 4 heterocycles. The zero-order valence-electron chi connectivity index (χ0n) is 20.1. The Morgan fingerprint density at radius 3 is 2.67 bits per heavy atom. The molecule has 1 spiro atoms. The molecule has 0 aliphatic carbocycles. The van der Waals surface area contributed by atoms with Crippen molar-refractivity contribution in [2.75, 3.05) is 27.3 Å². The van der Waals surface area contributed by atoms with Crippen LogP contribution in [0.15, 0.2) is 42.5 Å². The van der Waals surface area contributed by atoms with Crippen molar-refractivity contribution >= 4 is 16.7 Å². The molecule has 1 saturated heterocycles. The molecule has 1 atom stereocenters. The maximum atomic E-state index is 14.2. The fourth-order valence-electron chi connectivity index (χ4n) is 5.42. The number of benzene rings is 2. The first kappa shape index (κ1) is 22.4.